The van der Waals surface area contributed by atoms with Gasteiger partial charge in [-0.25, -0.2) is 0 Å². The molecule has 2 rings (SSSR count). The minimum atomic E-state index is 0.260. The topological polar surface area (TPSA) is 41.6 Å². The van der Waals surface area contributed by atoms with E-state index in [0.717, 1.165) is 32.7 Å². The maximum Gasteiger partial charge on any atom is 0.236 e. The van der Waals surface area contributed by atoms with Crippen LogP contribution < -0.4 is 5.32 Å². The minimum absolute atomic E-state index is 0.260. The van der Waals surface area contributed by atoms with Crippen LogP contribution in [0.15, 0.2) is 0 Å². The Bertz CT molecular complexity index is 235. The normalized spacial score (nSPS) is 24.7. The van der Waals surface area contributed by atoms with Crippen molar-refractivity contribution in [3.63, 3.8) is 0 Å². The second kappa shape index (κ2) is 5.64. The van der Waals surface area contributed by atoms with E-state index in [2.05, 4.69) is 10.2 Å². The van der Waals surface area contributed by atoms with Crippen LogP contribution in [0, 0.1) is 5.92 Å². The maximum absolute atomic E-state index is 12.0. The van der Waals surface area contributed by atoms with E-state index in [1.807, 2.05) is 6.92 Å². The molecule has 1 aliphatic carbocycles. The monoisotopic (exact) mass is 226 g/mol. The molecule has 1 saturated carbocycles. The maximum atomic E-state index is 12.0. The van der Waals surface area contributed by atoms with Crippen molar-refractivity contribution in [3.05, 3.63) is 0 Å². The standard InChI is InChI=1S/C12H22N2O2/c1-2-13-7-12(15)14(11-3-4-11)8-10-5-6-16-9-10/h10-11,13H,2-9H2,1H3. The van der Waals surface area contributed by atoms with Gasteiger partial charge in [-0.1, -0.05) is 6.92 Å². The van der Waals surface area contributed by atoms with Gasteiger partial charge in [-0.05, 0) is 25.8 Å². The molecule has 1 saturated heterocycles. The van der Waals surface area contributed by atoms with Crippen LogP contribution in [0.4, 0.5) is 0 Å². The van der Waals surface area contributed by atoms with E-state index in [4.69, 9.17) is 4.74 Å². The van der Waals surface area contributed by atoms with Crippen LogP contribution in [0.2, 0.25) is 0 Å². The molecule has 0 radical (unpaired) electrons. The summed E-state index contributed by atoms with van der Waals surface area (Å²) in [5, 5.41) is 3.11. The van der Waals surface area contributed by atoms with E-state index in [0.29, 0.717) is 18.5 Å². The fourth-order valence-corrected chi connectivity index (χ4v) is 2.18. The van der Waals surface area contributed by atoms with Crippen molar-refractivity contribution in [1.82, 2.24) is 10.2 Å². The van der Waals surface area contributed by atoms with Crippen molar-refractivity contribution in [1.29, 1.82) is 0 Å². The molecule has 4 heteroatoms. The van der Waals surface area contributed by atoms with E-state index in [1.54, 1.807) is 0 Å². The molecule has 1 unspecified atom stereocenters. The lowest BCUT2D eigenvalue weighted by atomic mass is 10.1. The Labute approximate surface area is 97.3 Å². The predicted octanol–water partition coefficient (Wildman–Crippen LogP) is 0.623. The Hall–Kier alpha value is -0.610. The number of likely N-dealkylation sites (N-methyl/N-ethyl adjacent to an activating group) is 1. The van der Waals surface area contributed by atoms with Gasteiger partial charge in [0.15, 0.2) is 0 Å². The molecule has 0 bridgehead atoms. The summed E-state index contributed by atoms with van der Waals surface area (Å²) < 4.78 is 5.37. The van der Waals surface area contributed by atoms with Crippen LogP contribution in [-0.4, -0.2) is 49.7 Å². The van der Waals surface area contributed by atoms with Gasteiger partial charge < -0.3 is 15.0 Å². The first-order valence-electron chi connectivity index (χ1n) is 6.39. The van der Waals surface area contributed by atoms with Gasteiger partial charge in [0.25, 0.3) is 0 Å². The molecule has 2 aliphatic rings. The third-order valence-electron chi connectivity index (χ3n) is 3.31. The molecule has 2 fully saturated rings. The Kier molecular flexibility index (Phi) is 4.18. The van der Waals surface area contributed by atoms with Gasteiger partial charge in [-0.2, -0.15) is 0 Å². The highest BCUT2D eigenvalue weighted by Gasteiger charge is 2.34. The van der Waals surface area contributed by atoms with Gasteiger partial charge >= 0.3 is 0 Å². The van der Waals surface area contributed by atoms with E-state index >= 15 is 0 Å². The van der Waals surface area contributed by atoms with Crippen molar-refractivity contribution in [2.24, 2.45) is 5.92 Å². The zero-order chi connectivity index (χ0) is 11.4. The molecule has 1 N–H and O–H groups in total. The van der Waals surface area contributed by atoms with Crippen LogP contribution in [-0.2, 0) is 9.53 Å². The number of nitrogens with one attached hydrogen (secondary N) is 1. The lowest BCUT2D eigenvalue weighted by Gasteiger charge is -2.25. The molecule has 0 spiro atoms. The first-order chi connectivity index (χ1) is 7.81. The summed E-state index contributed by atoms with van der Waals surface area (Å²) in [5.41, 5.74) is 0. The summed E-state index contributed by atoms with van der Waals surface area (Å²) in [6, 6.07) is 0.520. The van der Waals surface area contributed by atoms with Crippen molar-refractivity contribution >= 4 is 5.91 Å². The number of carbonyl (C=O) groups excluding carboxylic acids is 1. The summed E-state index contributed by atoms with van der Waals surface area (Å²) in [6.07, 6.45) is 3.48. The molecule has 0 aromatic heterocycles. The molecule has 0 aromatic rings. The van der Waals surface area contributed by atoms with Gasteiger partial charge in [0, 0.05) is 25.1 Å². The van der Waals surface area contributed by atoms with Crippen molar-refractivity contribution < 1.29 is 9.53 Å². The molecule has 1 aliphatic heterocycles. The van der Waals surface area contributed by atoms with Gasteiger partial charge in [0.05, 0.1) is 13.2 Å². The molecule has 16 heavy (non-hydrogen) atoms. The number of ether oxygens (including phenoxy) is 1. The highest BCUT2D eigenvalue weighted by molar-refractivity contribution is 5.78. The summed E-state index contributed by atoms with van der Waals surface area (Å²) in [5.74, 6) is 0.822. The van der Waals surface area contributed by atoms with Crippen LogP contribution in [0.1, 0.15) is 26.2 Å². The van der Waals surface area contributed by atoms with Crippen molar-refractivity contribution in [3.8, 4) is 0 Å². The first-order valence-corrected chi connectivity index (χ1v) is 6.39. The highest BCUT2D eigenvalue weighted by Crippen LogP contribution is 2.28. The van der Waals surface area contributed by atoms with Gasteiger partial charge in [-0.15, -0.1) is 0 Å². The van der Waals surface area contributed by atoms with Crippen molar-refractivity contribution in [2.75, 3.05) is 32.8 Å². The third-order valence-corrected chi connectivity index (χ3v) is 3.31. The lowest BCUT2D eigenvalue weighted by Crippen LogP contribution is -2.42. The number of rotatable bonds is 6. The van der Waals surface area contributed by atoms with E-state index in [9.17, 15) is 4.79 Å². The molecule has 0 aromatic carbocycles. The minimum Gasteiger partial charge on any atom is -0.381 e. The number of carbonyl (C=O) groups is 1. The van der Waals surface area contributed by atoms with Gasteiger partial charge in [0.1, 0.15) is 0 Å². The summed E-state index contributed by atoms with van der Waals surface area (Å²) in [4.78, 5) is 14.1. The Morgan fingerprint density at radius 2 is 2.25 bits per heavy atom. The molecule has 1 heterocycles. The Balaban J connectivity index is 1.81. The fourth-order valence-electron chi connectivity index (χ4n) is 2.18. The molecule has 1 amide bonds. The number of hydrogen-bond donors (Lipinski definition) is 1. The van der Waals surface area contributed by atoms with E-state index < -0.39 is 0 Å². The average Bonchev–Trinajstić information content (AvgIpc) is 3.00. The van der Waals surface area contributed by atoms with E-state index in [1.165, 1.54) is 12.8 Å². The zero-order valence-corrected chi connectivity index (χ0v) is 10.1. The quantitative estimate of drug-likeness (QED) is 0.722. The van der Waals surface area contributed by atoms with Crippen LogP contribution in [0.3, 0.4) is 0 Å². The molecule has 1 atom stereocenters. The second-order valence-corrected chi connectivity index (χ2v) is 4.79. The molecule has 4 nitrogen and oxygen atoms in total. The fraction of sp³-hybridized carbons (Fsp3) is 0.917. The Morgan fingerprint density at radius 3 is 2.81 bits per heavy atom. The van der Waals surface area contributed by atoms with Crippen LogP contribution >= 0.6 is 0 Å². The van der Waals surface area contributed by atoms with E-state index in [-0.39, 0.29) is 5.91 Å². The third kappa shape index (κ3) is 3.19. The summed E-state index contributed by atoms with van der Waals surface area (Å²) in [6.45, 7) is 5.97. The van der Waals surface area contributed by atoms with Crippen LogP contribution in [0.5, 0.6) is 0 Å². The molecule has 92 valence electrons. The average molecular weight is 226 g/mol. The SMILES string of the molecule is CCNCC(=O)N(CC1CCOC1)C1CC1. The second-order valence-electron chi connectivity index (χ2n) is 4.79. The smallest absolute Gasteiger partial charge is 0.236 e. The lowest BCUT2D eigenvalue weighted by molar-refractivity contribution is -0.131. The summed E-state index contributed by atoms with van der Waals surface area (Å²) >= 11 is 0. The molecular weight excluding hydrogens is 204 g/mol. The first kappa shape index (κ1) is 11.9. The molecular formula is C12H22N2O2. The largest absolute Gasteiger partial charge is 0.381 e. The number of nitrogens with zero attached hydrogens (tertiary/aromatic N) is 1. The predicted molar refractivity (Wildman–Crippen MR) is 62.2 cm³/mol. The number of amides is 1. The Morgan fingerprint density at radius 1 is 1.44 bits per heavy atom. The van der Waals surface area contributed by atoms with Gasteiger partial charge in [-0.3, -0.25) is 4.79 Å². The van der Waals surface area contributed by atoms with Gasteiger partial charge in [0.2, 0.25) is 5.91 Å². The number of hydrogen-bond acceptors (Lipinski definition) is 3. The highest BCUT2D eigenvalue weighted by atomic mass is 16.5. The summed E-state index contributed by atoms with van der Waals surface area (Å²) in [7, 11) is 0. The van der Waals surface area contributed by atoms with Crippen LogP contribution in [0.25, 0.3) is 0 Å². The van der Waals surface area contributed by atoms with Crippen molar-refractivity contribution in [2.45, 2.75) is 32.2 Å². The zero-order valence-electron chi connectivity index (χ0n) is 10.1.